The highest BCUT2D eigenvalue weighted by Crippen LogP contribution is 2.24. The molecule has 2 aromatic rings. The van der Waals surface area contributed by atoms with Crippen LogP contribution in [-0.2, 0) is 10.0 Å². The lowest BCUT2D eigenvalue weighted by molar-refractivity contribution is 0.392. The zero-order chi connectivity index (χ0) is 16.4. The molecule has 0 aliphatic carbocycles. The second-order valence-electron chi connectivity index (χ2n) is 5.67. The molecule has 1 aromatic heterocycles. The van der Waals surface area contributed by atoms with Gasteiger partial charge in [-0.15, -0.1) is 12.4 Å². The summed E-state index contributed by atoms with van der Waals surface area (Å²) < 4.78 is 27.9. The highest BCUT2D eigenvalue weighted by Gasteiger charge is 2.25. The van der Waals surface area contributed by atoms with Gasteiger partial charge in [-0.2, -0.15) is 0 Å². The van der Waals surface area contributed by atoms with Crippen LogP contribution in [0.15, 0.2) is 35.4 Å². The highest BCUT2D eigenvalue weighted by atomic mass is 35.5. The molecule has 0 saturated heterocycles. The fourth-order valence-electron chi connectivity index (χ4n) is 2.34. The first kappa shape index (κ1) is 19.8. The molecular formula is C16H24ClN3O2S. The van der Waals surface area contributed by atoms with E-state index in [-0.39, 0.29) is 23.8 Å². The smallest absolute Gasteiger partial charge is 0.241 e. The summed E-state index contributed by atoms with van der Waals surface area (Å²) in [5.41, 5.74) is 7.31. The molecule has 0 aliphatic rings. The number of nitrogens with two attached hydrogens (primary N) is 1. The molecule has 3 N–H and O–H groups in total. The van der Waals surface area contributed by atoms with E-state index in [1.165, 1.54) is 0 Å². The van der Waals surface area contributed by atoms with Crippen LogP contribution < -0.4 is 10.5 Å². The molecule has 0 spiro atoms. The van der Waals surface area contributed by atoms with E-state index in [9.17, 15) is 8.42 Å². The Bertz CT molecular complexity index is 774. The number of halogens is 1. The van der Waals surface area contributed by atoms with E-state index < -0.39 is 15.6 Å². The van der Waals surface area contributed by atoms with Gasteiger partial charge in [-0.05, 0) is 43.5 Å². The molecular weight excluding hydrogens is 334 g/mol. The quantitative estimate of drug-likeness (QED) is 0.832. The van der Waals surface area contributed by atoms with E-state index in [0.717, 1.165) is 5.56 Å². The molecule has 0 atom stereocenters. The molecule has 7 heteroatoms. The normalized spacial score (nSPS) is 12.2. The summed E-state index contributed by atoms with van der Waals surface area (Å²) in [7, 11) is -3.63. The Labute approximate surface area is 144 Å². The average Bonchev–Trinajstić information content (AvgIpc) is 2.53. The van der Waals surface area contributed by atoms with Gasteiger partial charge in [-0.1, -0.05) is 19.9 Å². The molecule has 1 heterocycles. The first-order chi connectivity index (χ1) is 10.3. The second kappa shape index (κ2) is 7.57. The Balaban J connectivity index is 0.00000264. The fourth-order valence-corrected chi connectivity index (χ4v) is 3.67. The molecule has 0 unspecified atom stereocenters. The van der Waals surface area contributed by atoms with E-state index in [4.69, 9.17) is 5.73 Å². The topological polar surface area (TPSA) is 85.1 Å². The summed E-state index contributed by atoms with van der Waals surface area (Å²) >= 11 is 0. The number of nitrogens with zero attached hydrogens (tertiary/aromatic N) is 1. The third-order valence-corrected chi connectivity index (χ3v) is 5.70. The Morgan fingerprint density at radius 1 is 1.22 bits per heavy atom. The van der Waals surface area contributed by atoms with Gasteiger partial charge in [0, 0.05) is 23.7 Å². The molecule has 23 heavy (non-hydrogen) atoms. The zero-order valence-corrected chi connectivity index (χ0v) is 15.3. The van der Waals surface area contributed by atoms with Crippen LogP contribution in [0.3, 0.4) is 0 Å². The average molecular weight is 358 g/mol. The lowest BCUT2D eigenvalue weighted by Crippen LogP contribution is -2.49. The maximum Gasteiger partial charge on any atom is 0.241 e. The van der Waals surface area contributed by atoms with E-state index in [2.05, 4.69) is 9.71 Å². The first-order valence-corrected chi connectivity index (χ1v) is 8.94. The Morgan fingerprint density at radius 3 is 2.48 bits per heavy atom. The van der Waals surface area contributed by atoms with E-state index >= 15 is 0 Å². The first-order valence-electron chi connectivity index (χ1n) is 7.46. The Morgan fingerprint density at radius 2 is 1.87 bits per heavy atom. The molecule has 128 valence electrons. The number of pyridine rings is 1. The van der Waals surface area contributed by atoms with E-state index in [0.29, 0.717) is 23.7 Å². The summed E-state index contributed by atoms with van der Waals surface area (Å²) in [4.78, 5) is 4.53. The maximum absolute atomic E-state index is 12.6. The van der Waals surface area contributed by atoms with Crippen LogP contribution in [-0.4, -0.2) is 25.5 Å². The minimum atomic E-state index is -3.63. The zero-order valence-electron chi connectivity index (χ0n) is 13.7. The monoisotopic (exact) mass is 357 g/mol. The van der Waals surface area contributed by atoms with Gasteiger partial charge in [0.2, 0.25) is 10.0 Å². The van der Waals surface area contributed by atoms with E-state index in [1.54, 1.807) is 30.5 Å². The van der Waals surface area contributed by atoms with Crippen molar-refractivity contribution in [1.29, 1.82) is 0 Å². The molecule has 5 nitrogen and oxygen atoms in total. The largest absolute Gasteiger partial charge is 0.324 e. The minimum absolute atomic E-state index is 0. The second-order valence-corrected chi connectivity index (χ2v) is 7.41. The molecule has 0 fully saturated rings. The molecule has 0 radical (unpaired) electrons. The van der Waals surface area contributed by atoms with Crippen molar-refractivity contribution in [3.8, 4) is 0 Å². The van der Waals surface area contributed by atoms with Crippen LogP contribution in [0.25, 0.3) is 10.9 Å². The van der Waals surface area contributed by atoms with Crippen LogP contribution in [0.5, 0.6) is 0 Å². The van der Waals surface area contributed by atoms with Crippen molar-refractivity contribution in [2.24, 2.45) is 5.73 Å². The van der Waals surface area contributed by atoms with Crippen LogP contribution in [0.1, 0.15) is 32.3 Å². The summed E-state index contributed by atoms with van der Waals surface area (Å²) in [5, 5.41) is 0.630. The predicted molar refractivity (Wildman–Crippen MR) is 96.4 cm³/mol. The molecule has 0 aliphatic heterocycles. The predicted octanol–water partition coefficient (Wildman–Crippen LogP) is 2.76. The molecule has 0 bridgehead atoms. The van der Waals surface area contributed by atoms with Gasteiger partial charge < -0.3 is 5.73 Å². The highest BCUT2D eigenvalue weighted by molar-refractivity contribution is 7.89. The summed E-state index contributed by atoms with van der Waals surface area (Å²) in [5.74, 6) is 0. The maximum atomic E-state index is 12.6. The van der Waals surface area contributed by atoms with Crippen molar-refractivity contribution in [3.63, 3.8) is 0 Å². The number of fused-ring (bicyclic) bond motifs is 1. The standard InChI is InChI=1S/C16H23N3O2S.ClH/c1-4-16(17,5-2)11-19-22(20,21)14-9-8-12(3)15-13(14)7-6-10-18-15;/h6-10,19H,4-5,11,17H2,1-3H3;1H. The number of hydrogen-bond acceptors (Lipinski definition) is 4. The Hall–Kier alpha value is -1.21. The lowest BCUT2D eigenvalue weighted by atomic mass is 9.95. The van der Waals surface area contributed by atoms with Crippen molar-refractivity contribution in [1.82, 2.24) is 9.71 Å². The lowest BCUT2D eigenvalue weighted by Gasteiger charge is -2.26. The van der Waals surface area contributed by atoms with Crippen molar-refractivity contribution < 1.29 is 8.42 Å². The van der Waals surface area contributed by atoms with E-state index in [1.807, 2.05) is 20.8 Å². The van der Waals surface area contributed by atoms with Gasteiger partial charge in [-0.25, -0.2) is 13.1 Å². The molecule has 1 aromatic carbocycles. The molecule has 0 saturated carbocycles. The minimum Gasteiger partial charge on any atom is -0.324 e. The molecule has 0 amide bonds. The summed E-state index contributed by atoms with van der Waals surface area (Å²) in [6.07, 6.45) is 3.09. The van der Waals surface area contributed by atoms with Gasteiger partial charge in [0.25, 0.3) is 0 Å². The molecule has 2 rings (SSSR count). The number of benzene rings is 1. The van der Waals surface area contributed by atoms with Gasteiger partial charge in [0.15, 0.2) is 0 Å². The number of nitrogens with one attached hydrogen (secondary N) is 1. The van der Waals surface area contributed by atoms with Crippen molar-refractivity contribution in [2.75, 3.05) is 6.54 Å². The third-order valence-electron chi connectivity index (χ3n) is 4.24. The van der Waals surface area contributed by atoms with Crippen LogP contribution in [0, 0.1) is 6.92 Å². The summed E-state index contributed by atoms with van der Waals surface area (Å²) in [6.45, 7) is 6.06. The van der Waals surface area contributed by atoms with Gasteiger partial charge in [0.05, 0.1) is 10.4 Å². The van der Waals surface area contributed by atoms with Crippen LogP contribution >= 0.6 is 12.4 Å². The van der Waals surface area contributed by atoms with Crippen molar-refractivity contribution >= 4 is 33.3 Å². The number of aromatic nitrogens is 1. The fraction of sp³-hybridized carbons (Fsp3) is 0.438. The number of hydrogen-bond donors (Lipinski definition) is 2. The van der Waals surface area contributed by atoms with Crippen molar-refractivity contribution in [2.45, 2.75) is 44.0 Å². The number of aryl methyl sites for hydroxylation is 1. The van der Waals surface area contributed by atoms with Crippen LogP contribution in [0.4, 0.5) is 0 Å². The van der Waals surface area contributed by atoms with Gasteiger partial charge in [-0.3, -0.25) is 4.98 Å². The summed E-state index contributed by atoms with van der Waals surface area (Å²) in [6, 6.07) is 6.92. The number of rotatable bonds is 6. The van der Waals surface area contributed by atoms with Crippen molar-refractivity contribution in [3.05, 3.63) is 36.0 Å². The number of sulfonamides is 1. The van der Waals surface area contributed by atoms with Gasteiger partial charge in [0.1, 0.15) is 0 Å². The Kier molecular flexibility index (Phi) is 6.53. The third kappa shape index (κ3) is 4.20. The SMILES string of the molecule is CCC(N)(CC)CNS(=O)(=O)c1ccc(C)c2ncccc12.Cl. The van der Waals surface area contributed by atoms with Crippen LogP contribution in [0.2, 0.25) is 0 Å². The van der Waals surface area contributed by atoms with Gasteiger partial charge >= 0.3 is 0 Å².